The molecule has 2 amide bonds. The van der Waals surface area contributed by atoms with Gasteiger partial charge < -0.3 is 5.73 Å². The molecule has 4 aliphatic rings. The summed E-state index contributed by atoms with van der Waals surface area (Å²) in [6.45, 7) is 1.58. The number of hydrogen-bond acceptors (Lipinski definition) is 7. The molecule has 136 valence electrons. The van der Waals surface area contributed by atoms with Crippen molar-refractivity contribution in [2.45, 2.75) is 25.2 Å². The summed E-state index contributed by atoms with van der Waals surface area (Å²) >= 11 is 0. The fourth-order valence-electron chi connectivity index (χ4n) is 3.30. The quantitative estimate of drug-likeness (QED) is 0.526. The topological polar surface area (TPSA) is 130 Å². The minimum Gasteiger partial charge on any atom is -0.330 e. The molecule has 0 saturated carbocycles. The van der Waals surface area contributed by atoms with Crippen LogP contribution in [0.25, 0.3) is 0 Å². The number of amides is 2. The zero-order valence-corrected chi connectivity index (χ0v) is 14.4. The third-order valence-corrected chi connectivity index (χ3v) is 4.47. The van der Waals surface area contributed by atoms with E-state index in [1.54, 1.807) is 0 Å². The van der Waals surface area contributed by atoms with Gasteiger partial charge in [-0.3, -0.25) is 19.0 Å². The van der Waals surface area contributed by atoms with Crippen molar-refractivity contribution in [3.05, 3.63) is 35.4 Å². The standard InChI is InChI=1S/C14H15N3O3.CH4O3S/c15-6-11-5-14(13(19)17(20-14)12(11)18)16-7-9-3-1-2-4-10(9)8-16;1-5(2,3)4/h1-4,11H,5-8,15H2;1H3,(H,2,3,4). The van der Waals surface area contributed by atoms with Crippen LogP contribution in [0.5, 0.6) is 0 Å². The fraction of sp³-hybridized carbons (Fsp3) is 0.467. The molecule has 5 rings (SSSR count). The van der Waals surface area contributed by atoms with Crippen molar-refractivity contribution >= 4 is 21.9 Å². The number of piperidine rings is 1. The van der Waals surface area contributed by atoms with E-state index in [1.807, 2.05) is 17.0 Å². The van der Waals surface area contributed by atoms with E-state index in [0.29, 0.717) is 25.8 Å². The Morgan fingerprint density at radius 3 is 2.24 bits per heavy atom. The summed E-state index contributed by atoms with van der Waals surface area (Å²) in [6.07, 6.45) is 1.07. The van der Waals surface area contributed by atoms with Crippen LogP contribution in [0.15, 0.2) is 24.3 Å². The Morgan fingerprint density at radius 2 is 1.80 bits per heavy atom. The third-order valence-electron chi connectivity index (χ3n) is 4.47. The highest BCUT2D eigenvalue weighted by molar-refractivity contribution is 7.85. The molecule has 10 heteroatoms. The smallest absolute Gasteiger partial charge is 0.303 e. The molecule has 4 heterocycles. The molecule has 1 aromatic carbocycles. The molecule has 25 heavy (non-hydrogen) atoms. The first kappa shape index (κ1) is 18.0. The highest BCUT2D eigenvalue weighted by Crippen LogP contribution is 2.46. The van der Waals surface area contributed by atoms with Gasteiger partial charge in [0.05, 0.1) is 12.2 Å². The largest absolute Gasteiger partial charge is 0.330 e. The van der Waals surface area contributed by atoms with E-state index in [4.69, 9.17) is 15.1 Å². The van der Waals surface area contributed by atoms with Crippen LogP contribution in [0.4, 0.5) is 0 Å². The van der Waals surface area contributed by atoms with Crippen molar-refractivity contribution in [1.29, 1.82) is 0 Å². The van der Waals surface area contributed by atoms with Crippen LogP contribution in [-0.2, 0) is 37.6 Å². The lowest BCUT2D eigenvalue weighted by Gasteiger charge is -2.55. The lowest BCUT2D eigenvalue weighted by molar-refractivity contribution is -0.356. The van der Waals surface area contributed by atoms with Gasteiger partial charge in [0, 0.05) is 26.1 Å². The van der Waals surface area contributed by atoms with Crippen molar-refractivity contribution in [3.63, 3.8) is 0 Å². The monoisotopic (exact) mass is 369 g/mol. The predicted octanol–water partition coefficient (Wildman–Crippen LogP) is -0.518. The molecule has 3 saturated heterocycles. The average Bonchev–Trinajstić information content (AvgIpc) is 2.96. The van der Waals surface area contributed by atoms with Gasteiger partial charge in [0.25, 0.3) is 16.0 Å². The number of hydrogen-bond donors (Lipinski definition) is 2. The van der Waals surface area contributed by atoms with Crippen molar-refractivity contribution in [2.75, 3.05) is 12.8 Å². The Kier molecular flexibility index (Phi) is 4.41. The first-order valence-electron chi connectivity index (χ1n) is 7.67. The highest BCUT2D eigenvalue weighted by Gasteiger charge is 2.67. The van der Waals surface area contributed by atoms with Crippen LogP contribution in [0.3, 0.4) is 0 Å². The first-order valence-corrected chi connectivity index (χ1v) is 9.52. The summed E-state index contributed by atoms with van der Waals surface area (Å²) in [5, 5.41) is 0.879. The fourth-order valence-corrected chi connectivity index (χ4v) is 3.30. The zero-order chi connectivity index (χ0) is 18.4. The lowest BCUT2D eigenvalue weighted by atomic mass is 9.87. The van der Waals surface area contributed by atoms with Gasteiger partial charge in [-0.1, -0.05) is 24.3 Å². The third kappa shape index (κ3) is 3.18. The van der Waals surface area contributed by atoms with E-state index in [9.17, 15) is 18.0 Å². The number of benzene rings is 1. The van der Waals surface area contributed by atoms with E-state index in [1.165, 1.54) is 11.1 Å². The van der Waals surface area contributed by atoms with E-state index in [0.717, 1.165) is 5.06 Å². The SMILES string of the molecule is CS(=O)(=O)O.NCC1CC2(N3Cc4ccccc4C3)ON(C1=O)C2=O. The van der Waals surface area contributed by atoms with Crippen LogP contribution in [0, 0.1) is 5.92 Å². The minimum absolute atomic E-state index is 0.245. The maximum Gasteiger partial charge on any atom is 0.303 e. The van der Waals surface area contributed by atoms with Gasteiger partial charge >= 0.3 is 5.91 Å². The summed E-state index contributed by atoms with van der Waals surface area (Å²) in [5.74, 6) is -0.888. The number of nitrogens with zero attached hydrogens (tertiary/aromatic N) is 2. The predicted molar refractivity (Wildman–Crippen MR) is 86.0 cm³/mol. The molecule has 2 bridgehead atoms. The first-order chi connectivity index (χ1) is 11.7. The van der Waals surface area contributed by atoms with Crippen LogP contribution >= 0.6 is 0 Å². The van der Waals surface area contributed by atoms with Gasteiger partial charge in [-0.15, -0.1) is 5.06 Å². The molecule has 1 aromatic rings. The van der Waals surface area contributed by atoms with Gasteiger partial charge in [-0.25, -0.2) is 4.84 Å². The van der Waals surface area contributed by atoms with Gasteiger partial charge in [-0.2, -0.15) is 8.42 Å². The molecule has 0 radical (unpaired) electrons. The van der Waals surface area contributed by atoms with Crippen molar-refractivity contribution in [1.82, 2.24) is 9.96 Å². The van der Waals surface area contributed by atoms with Crippen LogP contribution in [0.1, 0.15) is 17.5 Å². The van der Waals surface area contributed by atoms with E-state index in [-0.39, 0.29) is 24.3 Å². The molecular weight excluding hydrogens is 350 g/mol. The molecular formula is C15H19N3O6S. The van der Waals surface area contributed by atoms with Gasteiger partial charge in [0.15, 0.2) is 0 Å². The van der Waals surface area contributed by atoms with Crippen molar-refractivity contribution in [3.8, 4) is 0 Å². The summed E-state index contributed by atoms with van der Waals surface area (Å²) < 4.78 is 25.9. The number of nitrogens with two attached hydrogens (primary N) is 1. The molecule has 4 aliphatic heterocycles. The van der Waals surface area contributed by atoms with E-state index >= 15 is 0 Å². The van der Waals surface area contributed by atoms with Gasteiger partial charge in [0.1, 0.15) is 0 Å². The maximum absolute atomic E-state index is 12.3. The number of carbonyl (C=O) groups excluding carboxylic acids is 2. The normalized spacial score (nSPS) is 28.1. The molecule has 9 nitrogen and oxygen atoms in total. The molecule has 2 atom stereocenters. The summed E-state index contributed by atoms with van der Waals surface area (Å²) in [7, 11) is -3.67. The van der Waals surface area contributed by atoms with E-state index in [2.05, 4.69) is 12.1 Å². The van der Waals surface area contributed by atoms with E-state index < -0.39 is 15.8 Å². The highest BCUT2D eigenvalue weighted by atomic mass is 32.2. The molecule has 0 spiro atoms. The Labute approximate surface area is 145 Å². The van der Waals surface area contributed by atoms with Crippen LogP contribution in [0.2, 0.25) is 0 Å². The number of hydroxylamine groups is 2. The number of imide groups is 1. The Hall–Kier alpha value is -1.85. The van der Waals surface area contributed by atoms with Gasteiger partial charge in [-0.05, 0) is 11.1 Å². The molecule has 2 unspecified atom stereocenters. The second-order valence-electron chi connectivity index (χ2n) is 6.31. The van der Waals surface area contributed by atoms with Gasteiger partial charge in [0.2, 0.25) is 5.72 Å². The molecule has 3 N–H and O–H groups in total. The minimum atomic E-state index is -3.67. The summed E-state index contributed by atoms with van der Waals surface area (Å²) in [4.78, 5) is 31.7. The van der Waals surface area contributed by atoms with Crippen LogP contribution < -0.4 is 5.73 Å². The molecule has 0 aliphatic carbocycles. The number of rotatable bonds is 2. The van der Waals surface area contributed by atoms with Crippen molar-refractivity contribution in [2.24, 2.45) is 11.7 Å². The van der Waals surface area contributed by atoms with Crippen LogP contribution in [-0.4, -0.2) is 53.3 Å². The molecule has 0 aromatic heterocycles. The second kappa shape index (κ2) is 6.15. The Bertz CT molecular complexity index is 793. The average molecular weight is 369 g/mol. The number of fused-ring (bicyclic) bond motifs is 3. The summed E-state index contributed by atoms with van der Waals surface area (Å²) in [5.41, 5.74) is 7.05. The zero-order valence-electron chi connectivity index (χ0n) is 13.6. The Balaban J connectivity index is 0.000000324. The second-order valence-corrected chi connectivity index (χ2v) is 7.77. The maximum atomic E-state index is 12.3. The lowest BCUT2D eigenvalue weighted by Crippen LogP contribution is -2.78. The number of carbonyl (C=O) groups is 2. The molecule has 3 fully saturated rings. The Morgan fingerprint density at radius 1 is 1.28 bits per heavy atom. The summed E-state index contributed by atoms with van der Waals surface area (Å²) in [6, 6.07) is 8.09. The van der Waals surface area contributed by atoms with Crippen molar-refractivity contribution < 1.29 is 27.4 Å².